The van der Waals surface area contributed by atoms with Gasteiger partial charge in [-0.3, -0.25) is 9.59 Å². The molecule has 0 unspecified atom stereocenters. The molecule has 0 aliphatic carbocycles. The molecule has 0 bridgehead atoms. The molecule has 1 N–H and O–H groups in total. The van der Waals surface area contributed by atoms with Gasteiger partial charge in [0.05, 0.1) is 18.8 Å². The van der Waals surface area contributed by atoms with Gasteiger partial charge in [0.1, 0.15) is 5.56 Å². The fourth-order valence-corrected chi connectivity index (χ4v) is 3.02. The Labute approximate surface area is 108 Å². The number of hydrogen-bond acceptors (Lipinski definition) is 5. The minimum absolute atomic E-state index is 0.0327. The number of ether oxygens (including phenoxy) is 1. The van der Waals surface area contributed by atoms with Crippen LogP contribution in [-0.4, -0.2) is 39.2 Å². The van der Waals surface area contributed by atoms with E-state index in [1.165, 1.54) is 18.0 Å². The van der Waals surface area contributed by atoms with Crippen molar-refractivity contribution in [3.63, 3.8) is 0 Å². The highest BCUT2D eigenvalue weighted by molar-refractivity contribution is 8.14. The van der Waals surface area contributed by atoms with Crippen molar-refractivity contribution in [2.24, 2.45) is 0 Å². The van der Waals surface area contributed by atoms with Gasteiger partial charge in [0, 0.05) is 18.7 Å². The van der Waals surface area contributed by atoms with Gasteiger partial charge < -0.3 is 10.1 Å². The molecule has 3 rings (SSSR count). The minimum Gasteiger partial charge on any atom is -0.477 e. The third-order valence-corrected chi connectivity index (χ3v) is 4.04. The van der Waals surface area contributed by atoms with Gasteiger partial charge in [0.2, 0.25) is 11.0 Å². The number of nitrogens with zero attached hydrogens (tertiary/aromatic N) is 2. The fraction of sp³-hybridized carbons (Fsp3) is 0.545. The molecule has 18 heavy (non-hydrogen) atoms. The molecule has 1 atom stereocenters. The number of carbonyl (C=O) groups is 2. The fourth-order valence-electron chi connectivity index (χ4n) is 2.09. The summed E-state index contributed by atoms with van der Waals surface area (Å²) in [5, 5.41) is 6.88. The summed E-state index contributed by atoms with van der Waals surface area (Å²) in [7, 11) is 0. The third kappa shape index (κ3) is 1.98. The molecule has 0 spiro atoms. The molecule has 1 aromatic rings. The lowest BCUT2D eigenvalue weighted by atomic mass is 10.2. The average molecular weight is 267 g/mol. The number of nitrogens with one attached hydrogen (secondary N) is 1. The second-order valence-electron chi connectivity index (χ2n) is 4.27. The quantitative estimate of drug-likeness (QED) is 0.841. The summed E-state index contributed by atoms with van der Waals surface area (Å²) in [5.74, 6) is 1.00. The molecule has 2 aliphatic heterocycles. The zero-order chi connectivity index (χ0) is 12.5. The second kappa shape index (κ2) is 4.64. The van der Waals surface area contributed by atoms with Gasteiger partial charge in [-0.2, -0.15) is 5.10 Å². The number of aromatic nitrogens is 2. The topological polar surface area (TPSA) is 73.2 Å². The number of hydrogen-bond donors (Lipinski definition) is 1. The molecule has 6 nitrogen and oxygen atoms in total. The second-order valence-corrected chi connectivity index (χ2v) is 5.37. The molecule has 2 aliphatic rings. The van der Waals surface area contributed by atoms with Crippen LogP contribution in [0.4, 0.5) is 0 Å². The summed E-state index contributed by atoms with van der Waals surface area (Å²) < 4.78 is 7.14. The van der Waals surface area contributed by atoms with E-state index in [0.29, 0.717) is 24.5 Å². The van der Waals surface area contributed by atoms with Gasteiger partial charge in [-0.25, -0.2) is 4.68 Å². The van der Waals surface area contributed by atoms with Crippen LogP contribution in [0.25, 0.3) is 0 Å². The minimum atomic E-state index is -0.373. The summed E-state index contributed by atoms with van der Waals surface area (Å²) in [6, 6.07) is -0.373. The van der Waals surface area contributed by atoms with Crippen LogP contribution < -0.4 is 10.1 Å². The number of carbonyl (C=O) groups excluding carboxylic acids is 2. The maximum absolute atomic E-state index is 12.1. The van der Waals surface area contributed by atoms with Gasteiger partial charge in [-0.15, -0.1) is 0 Å². The van der Waals surface area contributed by atoms with Crippen LogP contribution in [0.3, 0.4) is 0 Å². The molecule has 0 aromatic carbocycles. The maximum Gasteiger partial charge on any atom is 0.259 e. The van der Waals surface area contributed by atoms with E-state index in [2.05, 4.69) is 10.4 Å². The Hall–Kier alpha value is -1.50. The largest absolute Gasteiger partial charge is 0.477 e. The van der Waals surface area contributed by atoms with Crippen molar-refractivity contribution in [2.45, 2.75) is 25.4 Å². The number of thioether (sulfide) groups is 1. The van der Waals surface area contributed by atoms with E-state index < -0.39 is 0 Å². The monoisotopic (exact) mass is 267 g/mol. The normalized spacial score (nSPS) is 22.4. The molecule has 1 saturated heterocycles. The molecular formula is C11H13N3O3S. The Bertz CT molecular complexity index is 500. The van der Waals surface area contributed by atoms with Crippen molar-refractivity contribution in [3.05, 3.63) is 11.8 Å². The van der Waals surface area contributed by atoms with Crippen LogP contribution in [0.2, 0.25) is 0 Å². The Morgan fingerprint density at radius 3 is 3.28 bits per heavy atom. The number of fused-ring (bicyclic) bond motifs is 1. The first-order valence-electron chi connectivity index (χ1n) is 5.92. The van der Waals surface area contributed by atoms with E-state index in [0.717, 1.165) is 18.7 Å². The number of rotatable bonds is 2. The molecule has 1 amide bonds. The lowest BCUT2D eigenvalue weighted by Crippen LogP contribution is -2.37. The molecule has 0 radical (unpaired) electrons. The van der Waals surface area contributed by atoms with Crippen LogP contribution >= 0.6 is 11.8 Å². The molecule has 96 valence electrons. The predicted molar refractivity (Wildman–Crippen MR) is 65.7 cm³/mol. The molecule has 0 saturated carbocycles. The van der Waals surface area contributed by atoms with Crippen molar-refractivity contribution in [2.75, 3.05) is 12.4 Å². The average Bonchev–Trinajstić information content (AvgIpc) is 2.96. The van der Waals surface area contributed by atoms with E-state index in [9.17, 15) is 9.59 Å². The van der Waals surface area contributed by atoms with E-state index in [-0.39, 0.29) is 17.1 Å². The first-order chi connectivity index (χ1) is 8.75. The molecular weight excluding hydrogens is 254 g/mol. The molecule has 7 heteroatoms. The van der Waals surface area contributed by atoms with Crippen LogP contribution in [0.15, 0.2) is 6.20 Å². The Kier molecular flexibility index (Phi) is 2.99. The van der Waals surface area contributed by atoms with Gasteiger partial charge in [0.25, 0.3) is 5.91 Å². The molecule has 1 fully saturated rings. The Balaban J connectivity index is 1.76. The summed E-state index contributed by atoms with van der Waals surface area (Å²) >= 11 is 1.27. The Morgan fingerprint density at radius 1 is 1.61 bits per heavy atom. The predicted octanol–water partition coefficient (Wildman–Crippen LogP) is 0.427. The molecule has 1 aromatic heterocycles. The highest BCUT2D eigenvalue weighted by Gasteiger charge is 2.29. The summed E-state index contributed by atoms with van der Waals surface area (Å²) in [5.41, 5.74) is 0.416. The van der Waals surface area contributed by atoms with Crippen molar-refractivity contribution < 1.29 is 14.3 Å². The van der Waals surface area contributed by atoms with E-state index >= 15 is 0 Å². The van der Waals surface area contributed by atoms with Crippen molar-refractivity contribution in [1.82, 2.24) is 15.1 Å². The van der Waals surface area contributed by atoms with Crippen molar-refractivity contribution in [3.8, 4) is 5.88 Å². The van der Waals surface area contributed by atoms with Crippen molar-refractivity contribution >= 4 is 22.8 Å². The zero-order valence-corrected chi connectivity index (χ0v) is 10.5. The van der Waals surface area contributed by atoms with Gasteiger partial charge >= 0.3 is 0 Å². The smallest absolute Gasteiger partial charge is 0.259 e. The van der Waals surface area contributed by atoms with E-state index in [1.54, 1.807) is 4.68 Å². The van der Waals surface area contributed by atoms with Crippen LogP contribution in [-0.2, 0) is 11.3 Å². The lowest BCUT2D eigenvalue weighted by Gasteiger charge is -2.16. The number of amides is 1. The zero-order valence-electron chi connectivity index (χ0n) is 9.72. The molecule has 3 heterocycles. The maximum atomic E-state index is 12.1. The SMILES string of the molecule is O=C(N[C@H]1CCSC1=O)c1cnn2c1OCCC2. The summed E-state index contributed by atoms with van der Waals surface area (Å²) in [6.45, 7) is 1.37. The number of aryl methyl sites for hydroxylation is 1. The van der Waals surface area contributed by atoms with E-state index in [1.807, 2.05) is 0 Å². The van der Waals surface area contributed by atoms with Crippen molar-refractivity contribution in [1.29, 1.82) is 0 Å². The summed E-state index contributed by atoms with van der Waals surface area (Å²) in [6.07, 6.45) is 3.09. The van der Waals surface area contributed by atoms with Gasteiger partial charge in [0.15, 0.2) is 0 Å². The van der Waals surface area contributed by atoms with Crippen LogP contribution in [0, 0.1) is 0 Å². The van der Waals surface area contributed by atoms with E-state index in [4.69, 9.17) is 4.74 Å². The highest BCUT2D eigenvalue weighted by Crippen LogP contribution is 2.24. The first-order valence-corrected chi connectivity index (χ1v) is 6.90. The van der Waals surface area contributed by atoms with Gasteiger partial charge in [-0.1, -0.05) is 11.8 Å². The Morgan fingerprint density at radius 2 is 2.50 bits per heavy atom. The third-order valence-electron chi connectivity index (χ3n) is 3.03. The standard InChI is InChI=1S/C11H13N3O3S/c15-9(13-8-2-5-18-11(8)16)7-6-12-14-3-1-4-17-10(7)14/h6,8H,1-5H2,(H,13,15)/t8-/m0/s1. The highest BCUT2D eigenvalue weighted by atomic mass is 32.2. The summed E-state index contributed by atoms with van der Waals surface area (Å²) in [4.78, 5) is 23.5. The first kappa shape index (κ1) is 11.6. The van der Waals surface area contributed by atoms with Gasteiger partial charge in [-0.05, 0) is 6.42 Å². The lowest BCUT2D eigenvalue weighted by molar-refractivity contribution is -0.112. The van der Waals surface area contributed by atoms with Crippen LogP contribution in [0.5, 0.6) is 5.88 Å². The van der Waals surface area contributed by atoms with Crippen LogP contribution in [0.1, 0.15) is 23.2 Å².